The molecule has 4 N–H and O–H groups in total. The van der Waals surface area contributed by atoms with E-state index in [0.717, 1.165) is 37.4 Å². The van der Waals surface area contributed by atoms with Gasteiger partial charge in [0.1, 0.15) is 0 Å². The predicted molar refractivity (Wildman–Crippen MR) is 194 cm³/mol. The van der Waals surface area contributed by atoms with Gasteiger partial charge in [0.2, 0.25) is 11.8 Å². The quantitative estimate of drug-likeness (QED) is 0.142. The maximum atomic E-state index is 11.4. The van der Waals surface area contributed by atoms with Crippen LogP contribution in [0, 0.1) is 0 Å². The SMILES string of the molecule is O=C1Cc2cc(-c3ccc(-c4ccccc4)s3)ccc2N1.O=C1Cc2cc(Br)ccc2N1.OB(O)c1ccc(-c2ccccc2)s1. The minimum Gasteiger partial charge on any atom is -0.423 e. The van der Waals surface area contributed by atoms with E-state index in [1.165, 1.54) is 32.2 Å². The molecule has 0 radical (unpaired) electrons. The summed E-state index contributed by atoms with van der Waals surface area (Å²) < 4.78 is 1.59. The number of hydrogen-bond acceptors (Lipinski definition) is 6. The fourth-order valence-corrected chi connectivity index (χ4v) is 7.38. The minimum absolute atomic E-state index is 0.0816. The molecule has 0 aliphatic carbocycles. The summed E-state index contributed by atoms with van der Waals surface area (Å²) in [5.74, 6) is 0.163. The molecule has 0 fully saturated rings. The van der Waals surface area contributed by atoms with Crippen LogP contribution in [0.3, 0.4) is 0 Å². The first kappa shape index (κ1) is 31.7. The first-order chi connectivity index (χ1) is 22.3. The fourth-order valence-electron chi connectivity index (χ4n) is 5.08. The van der Waals surface area contributed by atoms with E-state index in [4.69, 9.17) is 10.0 Å². The van der Waals surface area contributed by atoms with Crippen molar-refractivity contribution in [3.05, 3.63) is 137 Å². The smallest absolute Gasteiger partial charge is 0.423 e. The van der Waals surface area contributed by atoms with Gasteiger partial charge in [-0.3, -0.25) is 9.59 Å². The highest BCUT2D eigenvalue weighted by atomic mass is 79.9. The topological polar surface area (TPSA) is 98.7 Å². The summed E-state index contributed by atoms with van der Waals surface area (Å²) in [4.78, 5) is 25.9. The van der Waals surface area contributed by atoms with Gasteiger partial charge in [0.25, 0.3) is 0 Å². The minimum atomic E-state index is -1.36. The van der Waals surface area contributed by atoms with Gasteiger partial charge in [-0.15, -0.1) is 22.7 Å². The number of rotatable bonds is 4. The van der Waals surface area contributed by atoms with Crippen molar-refractivity contribution in [3.63, 3.8) is 0 Å². The Hall–Kier alpha value is -4.32. The summed E-state index contributed by atoms with van der Waals surface area (Å²) in [7, 11) is -1.36. The Morgan fingerprint density at radius 1 is 0.565 bits per heavy atom. The Morgan fingerprint density at radius 2 is 1.07 bits per heavy atom. The molecule has 0 spiro atoms. The van der Waals surface area contributed by atoms with Gasteiger partial charge in [-0.05, 0) is 76.3 Å². The normalized spacial score (nSPS) is 12.5. The second-order valence-corrected chi connectivity index (χ2v) is 13.7. The van der Waals surface area contributed by atoms with Crippen LogP contribution in [0.1, 0.15) is 11.1 Å². The average molecular weight is 707 g/mol. The molecule has 0 bridgehead atoms. The molecule has 0 atom stereocenters. The van der Waals surface area contributed by atoms with Crippen LogP contribution in [0.5, 0.6) is 0 Å². The van der Waals surface area contributed by atoms with E-state index in [-0.39, 0.29) is 11.8 Å². The van der Waals surface area contributed by atoms with Crippen LogP contribution in [0.25, 0.3) is 31.3 Å². The fraction of sp³-hybridized carbons (Fsp3) is 0.0556. The van der Waals surface area contributed by atoms with Crippen molar-refractivity contribution < 1.29 is 19.6 Å². The van der Waals surface area contributed by atoms with Gasteiger partial charge in [-0.1, -0.05) is 88.7 Å². The maximum Gasteiger partial charge on any atom is 0.499 e. The second-order valence-electron chi connectivity index (χ2n) is 10.6. The third-order valence-corrected chi connectivity index (χ3v) is 10.2. The van der Waals surface area contributed by atoms with E-state index < -0.39 is 7.12 Å². The molecule has 2 aliphatic heterocycles. The van der Waals surface area contributed by atoms with Gasteiger partial charge in [-0.2, -0.15) is 0 Å². The van der Waals surface area contributed by atoms with E-state index in [9.17, 15) is 9.59 Å². The molecule has 10 heteroatoms. The largest absolute Gasteiger partial charge is 0.499 e. The molecule has 6 nitrogen and oxygen atoms in total. The zero-order valence-electron chi connectivity index (χ0n) is 24.4. The number of halogens is 1. The second kappa shape index (κ2) is 14.4. The van der Waals surface area contributed by atoms with E-state index in [1.54, 1.807) is 17.4 Å². The molecule has 6 aromatic rings. The third kappa shape index (κ3) is 7.72. The number of nitrogens with one attached hydrogen (secondary N) is 2. The number of carbonyl (C=O) groups excluding carboxylic acids is 2. The highest BCUT2D eigenvalue weighted by Crippen LogP contribution is 2.36. The molecule has 46 heavy (non-hydrogen) atoms. The lowest BCUT2D eigenvalue weighted by molar-refractivity contribution is -0.115. The van der Waals surface area contributed by atoms with E-state index in [0.29, 0.717) is 17.6 Å². The number of hydrogen-bond donors (Lipinski definition) is 4. The lowest BCUT2D eigenvalue weighted by Crippen LogP contribution is -2.26. The van der Waals surface area contributed by atoms with Crippen molar-refractivity contribution in [2.75, 3.05) is 10.6 Å². The molecule has 2 amide bonds. The molecule has 4 heterocycles. The first-order valence-corrected chi connectivity index (χ1v) is 16.9. The lowest BCUT2D eigenvalue weighted by atomic mass is 9.90. The van der Waals surface area contributed by atoms with Crippen LogP contribution in [-0.4, -0.2) is 29.0 Å². The van der Waals surface area contributed by atoms with E-state index in [2.05, 4.69) is 75.1 Å². The van der Waals surface area contributed by atoms with E-state index in [1.807, 2.05) is 66.7 Å². The summed E-state index contributed by atoms with van der Waals surface area (Å²) in [5, 5.41) is 23.5. The summed E-state index contributed by atoms with van der Waals surface area (Å²) in [6.45, 7) is 0. The van der Waals surface area contributed by atoms with Gasteiger partial charge in [-0.25, -0.2) is 0 Å². The van der Waals surface area contributed by atoms with Gasteiger partial charge < -0.3 is 20.7 Å². The van der Waals surface area contributed by atoms with Gasteiger partial charge in [0.05, 0.1) is 12.8 Å². The Morgan fingerprint density at radius 3 is 1.63 bits per heavy atom. The number of thiophene rings is 2. The summed E-state index contributed by atoms with van der Waals surface area (Å²) in [6, 6.07) is 40.2. The van der Waals surface area contributed by atoms with Crippen LogP contribution in [-0.2, 0) is 22.4 Å². The zero-order chi connectivity index (χ0) is 32.0. The van der Waals surface area contributed by atoms with Crippen LogP contribution < -0.4 is 15.4 Å². The Labute approximate surface area is 283 Å². The molecule has 228 valence electrons. The van der Waals surface area contributed by atoms with Gasteiger partial charge in [0.15, 0.2) is 0 Å². The van der Waals surface area contributed by atoms with Crippen LogP contribution in [0.2, 0.25) is 0 Å². The zero-order valence-corrected chi connectivity index (χ0v) is 27.7. The number of anilines is 2. The van der Waals surface area contributed by atoms with Crippen LogP contribution in [0.15, 0.2) is 126 Å². The van der Waals surface area contributed by atoms with Crippen LogP contribution >= 0.6 is 38.6 Å². The monoisotopic (exact) mass is 706 g/mol. The van der Waals surface area contributed by atoms with Crippen molar-refractivity contribution in [1.29, 1.82) is 0 Å². The molecule has 0 saturated carbocycles. The van der Waals surface area contributed by atoms with Crippen molar-refractivity contribution in [1.82, 2.24) is 0 Å². The summed E-state index contributed by atoms with van der Waals surface area (Å²) in [5.41, 5.74) is 7.58. The lowest BCUT2D eigenvalue weighted by Gasteiger charge is -2.02. The highest BCUT2D eigenvalue weighted by molar-refractivity contribution is 9.10. The van der Waals surface area contributed by atoms with Crippen molar-refractivity contribution in [3.8, 4) is 31.3 Å². The molecular formula is C36H28BBrN2O4S2. The molecule has 2 aliphatic rings. The predicted octanol–water partition coefficient (Wildman–Crippen LogP) is 7.62. The van der Waals surface area contributed by atoms with E-state index >= 15 is 0 Å². The van der Waals surface area contributed by atoms with Crippen molar-refractivity contribution >= 4 is 73.7 Å². The first-order valence-electron chi connectivity index (χ1n) is 14.5. The Balaban J connectivity index is 0.000000129. The molecule has 4 aromatic carbocycles. The number of benzene rings is 4. The highest BCUT2D eigenvalue weighted by Gasteiger charge is 2.19. The average Bonchev–Trinajstić information content (AvgIpc) is 3.88. The summed E-state index contributed by atoms with van der Waals surface area (Å²) in [6.07, 6.45) is 0.995. The van der Waals surface area contributed by atoms with Gasteiger partial charge >= 0.3 is 7.12 Å². The number of amides is 2. The molecule has 0 unspecified atom stereocenters. The van der Waals surface area contributed by atoms with Crippen LogP contribution in [0.4, 0.5) is 11.4 Å². The number of carbonyl (C=O) groups is 2. The molecular weight excluding hydrogens is 679 g/mol. The molecule has 2 aromatic heterocycles. The maximum absolute atomic E-state index is 11.4. The van der Waals surface area contributed by atoms with Crippen molar-refractivity contribution in [2.45, 2.75) is 12.8 Å². The molecule has 0 saturated heterocycles. The third-order valence-electron chi connectivity index (χ3n) is 7.31. The van der Waals surface area contributed by atoms with Gasteiger partial charge in [0, 0.05) is 35.3 Å². The Bertz CT molecular complexity index is 1990. The Kier molecular flexibility index (Phi) is 9.92. The molecule has 8 rings (SSSR count). The number of fused-ring (bicyclic) bond motifs is 2. The summed E-state index contributed by atoms with van der Waals surface area (Å²) >= 11 is 6.52. The standard InChI is InChI=1S/C18H13NOS.C10H9BO2S.C8H6BrNO/c20-18-11-14-10-13(6-7-15(14)19-18)17-9-8-16(21-17)12-4-2-1-3-5-12;12-11(13)10-7-6-9(14-10)8-4-2-1-3-5-8;9-6-1-2-7-5(3-6)4-8(11)10-7/h1-10H,11H2,(H,19,20);1-7,12-13H;1-3H,4H2,(H,10,11). The van der Waals surface area contributed by atoms with Crippen molar-refractivity contribution in [2.24, 2.45) is 0 Å².